The molecule has 0 saturated carbocycles. The molecule has 100 valence electrons. The number of pyridine rings is 1. The molecule has 0 aliphatic carbocycles. The van der Waals surface area contributed by atoms with E-state index < -0.39 is 0 Å². The van der Waals surface area contributed by atoms with E-state index >= 15 is 0 Å². The van der Waals surface area contributed by atoms with Crippen molar-refractivity contribution in [2.24, 2.45) is 0 Å². The number of hydrogen-bond donors (Lipinski definition) is 1. The van der Waals surface area contributed by atoms with Gasteiger partial charge in [0.2, 0.25) is 0 Å². The molecule has 0 aliphatic rings. The molecule has 0 saturated heterocycles. The van der Waals surface area contributed by atoms with E-state index in [2.05, 4.69) is 44.2 Å². The lowest BCUT2D eigenvalue weighted by atomic mass is 9.99. The lowest BCUT2D eigenvalue weighted by Gasteiger charge is -2.11. The van der Waals surface area contributed by atoms with Crippen molar-refractivity contribution in [3.63, 3.8) is 0 Å². The standard InChI is InChI=1S/C18H17NO/c1-12-7-8-14-10-15(11-20)18(19-17(14)9-12)16-6-4-3-5-13(16)2/h3-10,20H,11H2,1-2H3. The minimum absolute atomic E-state index is 0.000480. The number of hydrogen-bond acceptors (Lipinski definition) is 2. The molecule has 0 unspecified atom stereocenters. The molecule has 0 spiro atoms. The van der Waals surface area contributed by atoms with Gasteiger partial charge in [0.15, 0.2) is 0 Å². The maximum atomic E-state index is 9.64. The summed E-state index contributed by atoms with van der Waals surface area (Å²) in [6.07, 6.45) is 0. The first-order valence-corrected chi connectivity index (χ1v) is 6.76. The van der Waals surface area contributed by atoms with E-state index in [0.29, 0.717) is 0 Å². The maximum absolute atomic E-state index is 9.64. The Labute approximate surface area is 118 Å². The summed E-state index contributed by atoms with van der Waals surface area (Å²) in [6, 6.07) is 16.4. The summed E-state index contributed by atoms with van der Waals surface area (Å²) < 4.78 is 0. The van der Waals surface area contributed by atoms with Crippen molar-refractivity contribution in [3.8, 4) is 11.3 Å². The highest BCUT2D eigenvalue weighted by molar-refractivity contribution is 5.84. The summed E-state index contributed by atoms with van der Waals surface area (Å²) >= 11 is 0. The van der Waals surface area contributed by atoms with Gasteiger partial charge in [-0.2, -0.15) is 0 Å². The van der Waals surface area contributed by atoms with Gasteiger partial charge in [0, 0.05) is 16.5 Å². The molecule has 0 bridgehead atoms. The Morgan fingerprint density at radius 1 is 1.00 bits per heavy atom. The average molecular weight is 263 g/mol. The lowest BCUT2D eigenvalue weighted by molar-refractivity contribution is 0.282. The van der Waals surface area contributed by atoms with Crippen molar-refractivity contribution in [1.82, 2.24) is 4.98 Å². The Hall–Kier alpha value is -2.19. The second kappa shape index (κ2) is 5.06. The van der Waals surface area contributed by atoms with Crippen LogP contribution in [0.2, 0.25) is 0 Å². The lowest BCUT2D eigenvalue weighted by Crippen LogP contribution is -1.96. The monoisotopic (exact) mass is 263 g/mol. The Morgan fingerprint density at radius 2 is 1.80 bits per heavy atom. The minimum Gasteiger partial charge on any atom is -0.392 e. The second-order valence-electron chi connectivity index (χ2n) is 5.17. The van der Waals surface area contributed by atoms with Crippen LogP contribution >= 0.6 is 0 Å². The third kappa shape index (κ3) is 2.19. The zero-order valence-corrected chi connectivity index (χ0v) is 11.7. The van der Waals surface area contributed by atoms with Crippen molar-refractivity contribution in [2.45, 2.75) is 20.5 Å². The van der Waals surface area contributed by atoms with Crippen LogP contribution in [-0.4, -0.2) is 10.1 Å². The van der Waals surface area contributed by atoms with E-state index in [-0.39, 0.29) is 6.61 Å². The summed E-state index contributed by atoms with van der Waals surface area (Å²) in [6.45, 7) is 4.13. The van der Waals surface area contributed by atoms with Crippen LogP contribution in [0.1, 0.15) is 16.7 Å². The predicted octanol–water partition coefficient (Wildman–Crippen LogP) is 4.01. The van der Waals surface area contributed by atoms with Crippen LogP contribution in [0.5, 0.6) is 0 Å². The molecular formula is C18H17NO. The number of benzene rings is 2. The number of aliphatic hydroxyl groups excluding tert-OH is 1. The van der Waals surface area contributed by atoms with Crippen molar-refractivity contribution >= 4 is 10.9 Å². The van der Waals surface area contributed by atoms with Gasteiger partial charge in [-0.1, -0.05) is 36.4 Å². The molecule has 0 radical (unpaired) electrons. The van der Waals surface area contributed by atoms with E-state index in [1.165, 1.54) is 11.1 Å². The van der Waals surface area contributed by atoms with E-state index in [1.54, 1.807) is 0 Å². The zero-order valence-electron chi connectivity index (χ0n) is 11.7. The van der Waals surface area contributed by atoms with Crippen LogP contribution in [0.4, 0.5) is 0 Å². The van der Waals surface area contributed by atoms with E-state index in [0.717, 1.165) is 27.7 Å². The predicted molar refractivity (Wildman–Crippen MR) is 82.6 cm³/mol. The van der Waals surface area contributed by atoms with Crippen LogP contribution in [0.15, 0.2) is 48.5 Å². The van der Waals surface area contributed by atoms with E-state index in [4.69, 9.17) is 4.98 Å². The Balaban J connectivity index is 2.31. The highest BCUT2D eigenvalue weighted by Gasteiger charge is 2.10. The molecule has 1 aromatic heterocycles. The van der Waals surface area contributed by atoms with Crippen molar-refractivity contribution < 1.29 is 5.11 Å². The van der Waals surface area contributed by atoms with Gasteiger partial charge in [-0.25, -0.2) is 4.98 Å². The Morgan fingerprint density at radius 3 is 2.55 bits per heavy atom. The second-order valence-corrected chi connectivity index (χ2v) is 5.17. The molecule has 3 aromatic rings. The van der Waals surface area contributed by atoms with E-state index in [1.807, 2.05) is 18.2 Å². The van der Waals surface area contributed by atoms with Crippen LogP contribution in [0, 0.1) is 13.8 Å². The Kier molecular flexibility index (Phi) is 3.25. The van der Waals surface area contributed by atoms with Crippen molar-refractivity contribution in [1.29, 1.82) is 0 Å². The van der Waals surface area contributed by atoms with Gasteiger partial charge in [-0.15, -0.1) is 0 Å². The quantitative estimate of drug-likeness (QED) is 0.757. The fraction of sp³-hybridized carbons (Fsp3) is 0.167. The minimum atomic E-state index is 0.000480. The smallest absolute Gasteiger partial charge is 0.0767 e. The summed E-state index contributed by atoms with van der Waals surface area (Å²) in [5.74, 6) is 0. The Bertz CT molecular complexity index is 777. The third-order valence-corrected chi connectivity index (χ3v) is 3.62. The molecule has 2 heteroatoms. The molecule has 0 fully saturated rings. The topological polar surface area (TPSA) is 33.1 Å². The van der Waals surface area contributed by atoms with Gasteiger partial charge in [-0.3, -0.25) is 0 Å². The number of rotatable bonds is 2. The normalized spacial score (nSPS) is 10.9. The van der Waals surface area contributed by atoms with Gasteiger partial charge in [-0.05, 0) is 37.1 Å². The molecule has 2 aromatic carbocycles. The number of aryl methyl sites for hydroxylation is 2. The van der Waals surface area contributed by atoms with Crippen molar-refractivity contribution in [2.75, 3.05) is 0 Å². The van der Waals surface area contributed by atoms with Crippen LogP contribution < -0.4 is 0 Å². The zero-order chi connectivity index (χ0) is 14.1. The van der Waals surface area contributed by atoms with Crippen LogP contribution in [0.25, 0.3) is 22.2 Å². The maximum Gasteiger partial charge on any atom is 0.0767 e. The van der Waals surface area contributed by atoms with Gasteiger partial charge in [0.25, 0.3) is 0 Å². The summed E-state index contributed by atoms with van der Waals surface area (Å²) in [5.41, 5.74) is 6.17. The molecule has 0 aliphatic heterocycles. The summed E-state index contributed by atoms with van der Waals surface area (Å²) in [7, 11) is 0. The van der Waals surface area contributed by atoms with E-state index in [9.17, 15) is 5.11 Å². The number of aliphatic hydroxyl groups is 1. The molecule has 1 N–H and O–H groups in total. The number of aromatic nitrogens is 1. The molecule has 3 rings (SSSR count). The first-order valence-electron chi connectivity index (χ1n) is 6.76. The molecule has 2 nitrogen and oxygen atoms in total. The fourth-order valence-corrected chi connectivity index (χ4v) is 2.51. The highest BCUT2D eigenvalue weighted by Crippen LogP contribution is 2.28. The van der Waals surface area contributed by atoms with Crippen LogP contribution in [0.3, 0.4) is 0 Å². The van der Waals surface area contributed by atoms with Gasteiger partial charge in [0.05, 0.1) is 17.8 Å². The first-order chi connectivity index (χ1) is 9.69. The number of fused-ring (bicyclic) bond motifs is 1. The first kappa shape index (κ1) is 12.8. The third-order valence-electron chi connectivity index (χ3n) is 3.62. The highest BCUT2D eigenvalue weighted by atomic mass is 16.3. The van der Waals surface area contributed by atoms with Gasteiger partial charge < -0.3 is 5.11 Å². The molecule has 0 atom stereocenters. The van der Waals surface area contributed by atoms with Crippen molar-refractivity contribution in [3.05, 3.63) is 65.2 Å². The van der Waals surface area contributed by atoms with Gasteiger partial charge >= 0.3 is 0 Å². The molecule has 20 heavy (non-hydrogen) atoms. The molecule has 1 heterocycles. The largest absolute Gasteiger partial charge is 0.392 e. The molecular weight excluding hydrogens is 246 g/mol. The number of nitrogens with zero attached hydrogens (tertiary/aromatic N) is 1. The summed E-state index contributed by atoms with van der Waals surface area (Å²) in [4.78, 5) is 4.78. The molecule has 0 amide bonds. The van der Waals surface area contributed by atoms with Gasteiger partial charge in [0.1, 0.15) is 0 Å². The van der Waals surface area contributed by atoms with Crippen LogP contribution in [-0.2, 0) is 6.61 Å². The summed E-state index contributed by atoms with van der Waals surface area (Å²) in [5, 5.41) is 10.7. The average Bonchev–Trinajstić information content (AvgIpc) is 2.46. The SMILES string of the molecule is Cc1ccc2cc(CO)c(-c3ccccc3C)nc2c1. The fourth-order valence-electron chi connectivity index (χ4n) is 2.51.